The molecule has 3 atom stereocenters. The van der Waals surface area contributed by atoms with Crippen molar-refractivity contribution in [3.63, 3.8) is 0 Å². The van der Waals surface area contributed by atoms with Crippen molar-refractivity contribution in [3.05, 3.63) is 30.3 Å². The van der Waals surface area contributed by atoms with E-state index in [0.717, 1.165) is 12.8 Å². The molecule has 1 saturated heterocycles. The van der Waals surface area contributed by atoms with Gasteiger partial charge in [-0.15, -0.1) is 0 Å². The van der Waals surface area contributed by atoms with E-state index in [1.54, 1.807) is 24.3 Å². The van der Waals surface area contributed by atoms with E-state index in [0.29, 0.717) is 11.3 Å². The third-order valence-electron chi connectivity index (χ3n) is 5.28. The first-order chi connectivity index (χ1) is 12.1. The molecule has 0 N–H and O–H groups in total. The maximum absolute atomic E-state index is 12.8. The van der Waals surface area contributed by atoms with E-state index in [9.17, 15) is 8.42 Å². The van der Waals surface area contributed by atoms with Crippen LogP contribution in [-0.2, 0) is 14.6 Å². The molecule has 0 spiro atoms. The van der Waals surface area contributed by atoms with Gasteiger partial charge in [-0.2, -0.15) is 0 Å². The quantitative estimate of drug-likeness (QED) is 0.483. The third-order valence-corrected chi connectivity index (χ3v) is 7.58. The lowest BCUT2D eigenvalue weighted by Gasteiger charge is -2.14. The summed E-state index contributed by atoms with van der Waals surface area (Å²) in [7, 11) is -3.29. The summed E-state index contributed by atoms with van der Waals surface area (Å²) >= 11 is 0. The van der Waals surface area contributed by atoms with Gasteiger partial charge < -0.3 is 4.74 Å². The minimum atomic E-state index is -3.29. The maximum atomic E-state index is 12.8. The molecule has 4 heteroatoms. The second-order valence-electron chi connectivity index (χ2n) is 7.36. The highest BCUT2D eigenvalue weighted by Crippen LogP contribution is 2.32. The van der Waals surface area contributed by atoms with E-state index in [1.807, 2.05) is 13.0 Å². The van der Waals surface area contributed by atoms with Crippen LogP contribution in [0.3, 0.4) is 0 Å². The van der Waals surface area contributed by atoms with Crippen molar-refractivity contribution in [1.29, 1.82) is 0 Å². The molecule has 1 aliphatic rings. The molecule has 0 bridgehead atoms. The van der Waals surface area contributed by atoms with Crippen LogP contribution in [0.1, 0.15) is 78.1 Å². The number of sulfone groups is 1. The van der Waals surface area contributed by atoms with Gasteiger partial charge in [0, 0.05) is 0 Å². The van der Waals surface area contributed by atoms with Gasteiger partial charge in [-0.1, -0.05) is 76.5 Å². The highest BCUT2D eigenvalue weighted by atomic mass is 32.2. The number of hydrogen-bond acceptors (Lipinski definition) is 3. The smallest absolute Gasteiger partial charge is 0.183 e. The third kappa shape index (κ3) is 6.10. The predicted octanol–water partition coefficient (Wildman–Crippen LogP) is 5.54. The largest absolute Gasteiger partial charge is 0.374 e. The van der Waals surface area contributed by atoms with Crippen molar-refractivity contribution in [3.8, 4) is 0 Å². The monoisotopic (exact) mass is 366 g/mol. The van der Waals surface area contributed by atoms with Crippen LogP contribution in [0.2, 0.25) is 0 Å². The minimum absolute atomic E-state index is 0.0959. The first-order valence-electron chi connectivity index (χ1n) is 10.00. The van der Waals surface area contributed by atoms with Gasteiger partial charge in [0.15, 0.2) is 9.84 Å². The normalized spacial score (nSPS) is 23.8. The summed E-state index contributed by atoms with van der Waals surface area (Å²) in [6.45, 7) is 4.15. The lowest BCUT2D eigenvalue weighted by Crippen LogP contribution is -2.28. The van der Waals surface area contributed by atoms with Gasteiger partial charge in [0.25, 0.3) is 0 Å². The fourth-order valence-electron chi connectivity index (χ4n) is 3.75. The Bertz CT molecular complexity index is 582. The molecule has 0 saturated carbocycles. The molecule has 1 aromatic carbocycles. The topological polar surface area (TPSA) is 43.4 Å². The molecule has 25 heavy (non-hydrogen) atoms. The van der Waals surface area contributed by atoms with Crippen LogP contribution < -0.4 is 0 Å². The van der Waals surface area contributed by atoms with Gasteiger partial charge in [-0.3, -0.25) is 0 Å². The van der Waals surface area contributed by atoms with Gasteiger partial charge in [0.05, 0.1) is 22.4 Å². The molecule has 0 aliphatic carbocycles. The fourth-order valence-corrected chi connectivity index (χ4v) is 5.68. The van der Waals surface area contributed by atoms with Crippen LogP contribution in [0.15, 0.2) is 35.2 Å². The van der Waals surface area contributed by atoms with Gasteiger partial charge in [0.1, 0.15) is 0 Å². The molecular weight excluding hydrogens is 332 g/mol. The molecule has 3 nitrogen and oxygen atoms in total. The summed E-state index contributed by atoms with van der Waals surface area (Å²) in [5.74, 6) is 0. The Hall–Kier alpha value is -0.870. The molecule has 0 unspecified atom stereocenters. The van der Waals surface area contributed by atoms with Crippen molar-refractivity contribution in [2.45, 2.75) is 100 Å². The van der Waals surface area contributed by atoms with Gasteiger partial charge >= 0.3 is 0 Å². The van der Waals surface area contributed by atoms with Gasteiger partial charge in [-0.25, -0.2) is 8.42 Å². The van der Waals surface area contributed by atoms with Crippen LogP contribution in [0, 0.1) is 0 Å². The van der Waals surface area contributed by atoms with E-state index in [2.05, 4.69) is 6.92 Å². The van der Waals surface area contributed by atoms with Crippen LogP contribution in [0.25, 0.3) is 0 Å². The highest BCUT2D eigenvalue weighted by molar-refractivity contribution is 7.92. The lowest BCUT2D eigenvalue weighted by molar-refractivity contribution is 0.0499. The zero-order chi connectivity index (χ0) is 18.1. The Balaban J connectivity index is 1.72. The molecule has 1 heterocycles. The molecular formula is C21H34O3S. The average molecular weight is 367 g/mol. The van der Waals surface area contributed by atoms with E-state index < -0.39 is 15.1 Å². The zero-order valence-electron chi connectivity index (χ0n) is 15.8. The number of unbranched alkanes of at least 4 members (excludes halogenated alkanes) is 7. The van der Waals surface area contributed by atoms with E-state index in [1.165, 1.54) is 44.9 Å². The van der Waals surface area contributed by atoms with Crippen LogP contribution in [0.5, 0.6) is 0 Å². The maximum Gasteiger partial charge on any atom is 0.183 e. The zero-order valence-corrected chi connectivity index (χ0v) is 16.6. The Kier molecular flexibility index (Phi) is 8.44. The fraction of sp³-hybridized carbons (Fsp3) is 0.714. The van der Waals surface area contributed by atoms with Crippen molar-refractivity contribution < 1.29 is 13.2 Å². The Morgan fingerprint density at radius 1 is 0.960 bits per heavy atom. The molecule has 2 rings (SSSR count). The van der Waals surface area contributed by atoms with Crippen molar-refractivity contribution in [2.75, 3.05) is 0 Å². The number of hydrogen-bond donors (Lipinski definition) is 0. The Labute approximate surface area is 154 Å². The summed E-state index contributed by atoms with van der Waals surface area (Å²) in [6, 6.07) is 8.79. The van der Waals surface area contributed by atoms with Crippen LogP contribution in [0.4, 0.5) is 0 Å². The van der Waals surface area contributed by atoms with Crippen molar-refractivity contribution >= 4 is 9.84 Å². The summed E-state index contributed by atoms with van der Waals surface area (Å²) in [4.78, 5) is 0.420. The standard InChI is InChI=1S/C21H34O3S/c1-3-4-5-6-7-8-9-11-14-19-17-21(18(2)24-19)25(22,23)20-15-12-10-13-16-20/h10,12-13,15-16,18-19,21H,3-9,11,14,17H2,1-2H3/t18-,19+,21+/m0/s1. The van der Waals surface area contributed by atoms with Crippen LogP contribution in [-0.4, -0.2) is 25.9 Å². The molecule has 1 fully saturated rings. The molecule has 1 aliphatic heterocycles. The summed E-state index contributed by atoms with van der Waals surface area (Å²) in [5.41, 5.74) is 0. The summed E-state index contributed by atoms with van der Waals surface area (Å²) in [6.07, 6.45) is 11.8. The van der Waals surface area contributed by atoms with Crippen molar-refractivity contribution in [2.24, 2.45) is 0 Å². The van der Waals surface area contributed by atoms with Gasteiger partial charge in [0.2, 0.25) is 0 Å². The first kappa shape index (κ1) is 20.4. The average Bonchev–Trinajstić information content (AvgIpc) is 2.99. The van der Waals surface area contributed by atoms with E-state index >= 15 is 0 Å². The second-order valence-corrected chi connectivity index (χ2v) is 9.53. The first-order valence-corrected chi connectivity index (χ1v) is 11.5. The molecule has 0 amide bonds. The number of rotatable bonds is 11. The lowest BCUT2D eigenvalue weighted by atomic mass is 10.0. The highest BCUT2D eigenvalue weighted by Gasteiger charge is 2.41. The number of benzene rings is 1. The van der Waals surface area contributed by atoms with Gasteiger partial charge in [-0.05, 0) is 31.9 Å². The molecule has 1 aromatic rings. The molecule has 0 radical (unpaired) electrons. The summed E-state index contributed by atoms with van der Waals surface area (Å²) < 4.78 is 31.6. The minimum Gasteiger partial charge on any atom is -0.374 e. The SMILES string of the molecule is CCCCCCCCCC[C@@H]1C[C@@H](S(=O)(=O)c2ccccc2)[C@H](C)O1. The Morgan fingerprint density at radius 3 is 2.20 bits per heavy atom. The van der Waals surface area contributed by atoms with E-state index in [4.69, 9.17) is 4.74 Å². The summed E-state index contributed by atoms with van der Waals surface area (Å²) in [5, 5.41) is -0.408. The number of ether oxygens (including phenoxy) is 1. The Morgan fingerprint density at radius 2 is 1.56 bits per heavy atom. The second kappa shape index (κ2) is 10.3. The van der Waals surface area contributed by atoms with Crippen LogP contribution >= 0.6 is 0 Å². The van der Waals surface area contributed by atoms with Crippen molar-refractivity contribution in [1.82, 2.24) is 0 Å². The molecule has 142 valence electrons. The molecule has 0 aromatic heterocycles. The predicted molar refractivity (Wildman–Crippen MR) is 104 cm³/mol. The van der Waals surface area contributed by atoms with E-state index in [-0.39, 0.29) is 12.2 Å².